The molecule has 0 aromatic heterocycles. The Morgan fingerprint density at radius 1 is 0.448 bits per heavy atom. The summed E-state index contributed by atoms with van der Waals surface area (Å²) in [5.41, 5.74) is 29.9. The molecule has 9 saturated heterocycles. The molecular weight excluding hydrogens is 1390 g/mol. The van der Waals surface area contributed by atoms with Crippen molar-refractivity contribution >= 4 is 30.2 Å². The van der Waals surface area contributed by atoms with Crippen molar-refractivity contribution in [2.24, 2.45) is 33.1 Å². The smallest absolute Gasteiger partial charge is 0.373 e. The van der Waals surface area contributed by atoms with Gasteiger partial charge in [-0.1, -0.05) is 127 Å². The van der Waals surface area contributed by atoms with Crippen LogP contribution < -0.4 is 0 Å². The summed E-state index contributed by atoms with van der Waals surface area (Å²) in [4.78, 5) is 76.5. The van der Waals surface area contributed by atoms with Crippen LogP contribution in [0.1, 0.15) is 65.2 Å². The molecule has 12 rings (SSSR count). The maximum atomic E-state index is 11.8. The van der Waals surface area contributed by atoms with Crippen molar-refractivity contribution < 1.29 is 139 Å². The van der Waals surface area contributed by atoms with E-state index in [1.54, 1.807) is 13.8 Å². The number of hydrogen-bond donors (Lipinski definition) is 4. The Balaban J connectivity index is 0.000000192. The number of rotatable bonds is 22. The molecular formula is C67H85N9O29. The largest absolute Gasteiger partial charge is 0.459 e. The molecule has 9 aliphatic heterocycles. The van der Waals surface area contributed by atoms with E-state index in [-0.39, 0.29) is 57.2 Å². The van der Waals surface area contributed by atoms with E-state index in [1.807, 2.05) is 105 Å². The Bertz CT molecular complexity index is 3450. The van der Waals surface area contributed by atoms with Crippen LogP contribution in [0.4, 0.5) is 0 Å². The summed E-state index contributed by atoms with van der Waals surface area (Å²) >= 11 is 0. The first-order valence-corrected chi connectivity index (χ1v) is 33.6. The van der Waals surface area contributed by atoms with Crippen LogP contribution in [0.25, 0.3) is 31.3 Å². The van der Waals surface area contributed by atoms with Crippen molar-refractivity contribution in [3.8, 4) is 0 Å². The van der Waals surface area contributed by atoms with Gasteiger partial charge in [0.1, 0.15) is 97.5 Å². The number of hydrogen-bond acceptors (Lipinski definition) is 32. The van der Waals surface area contributed by atoms with Crippen LogP contribution >= 0.6 is 0 Å². The Morgan fingerprint density at radius 2 is 0.771 bits per heavy atom. The van der Waals surface area contributed by atoms with Crippen LogP contribution in [0, 0.1) is 17.8 Å². The van der Waals surface area contributed by atoms with Gasteiger partial charge in [0.25, 0.3) is 0 Å². The third kappa shape index (κ3) is 21.6. The first-order chi connectivity index (χ1) is 50.6. The lowest BCUT2D eigenvalue weighted by Gasteiger charge is -2.46. The quantitative estimate of drug-likeness (QED) is 0.0367. The van der Waals surface area contributed by atoms with E-state index in [0.29, 0.717) is 13.2 Å². The van der Waals surface area contributed by atoms with Gasteiger partial charge in [0, 0.05) is 53.3 Å². The Hall–Kier alpha value is -8.00. The van der Waals surface area contributed by atoms with Crippen molar-refractivity contribution in [3.05, 3.63) is 139 Å². The number of fused-ring (bicyclic) bond motifs is 6. The van der Waals surface area contributed by atoms with Gasteiger partial charge in [0.2, 0.25) is 0 Å². The van der Waals surface area contributed by atoms with Gasteiger partial charge in [0.15, 0.2) is 37.7 Å². The zero-order valence-electron chi connectivity index (χ0n) is 58.1. The number of carbonyl (C=O) groups excluding carboxylic acids is 7. The highest BCUT2D eigenvalue weighted by Crippen LogP contribution is 2.42. The molecule has 0 saturated carbocycles. The fourth-order valence-corrected chi connectivity index (χ4v) is 13.3. The number of aliphatic hydroxyl groups excluding tert-OH is 4. The van der Waals surface area contributed by atoms with E-state index in [4.69, 9.17) is 121 Å². The van der Waals surface area contributed by atoms with Crippen LogP contribution in [-0.2, 0) is 139 Å². The SMILES string of the molecule is CC(=O)OC1[C@H](N=[N+]=[N-])C2OC[C@@H](O2)[C@H]1O[C@@H]1OC(C)[C@@H](O)[C@H](C)C1OCc1ccccc1.CC(=O)OC1[C@H](N=[N+]=[N-])C2OC[C@@H](O2)[C@H]1O[C@@H]1OC(CO)[C@@H](O)[C@H](C)C1OCc1ccccc1.CC(=O)OC1[C@H](N=[N+]=[N-])C2OC[C@@H](O2)[C@H]1O[C@@H]1OC[C@@H](O)[C@H](C)C1OCc1ccccc1.O=C=O.O=C=O. The van der Waals surface area contributed by atoms with Crippen molar-refractivity contribution in [2.75, 3.05) is 33.0 Å². The maximum absolute atomic E-state index is 11.8. The van der Waals surface area contributed by atoms with E-state index < -0.39 is 190 Å². The summed E-state index contributed by atoms with van der Waals surface area (Å²) in [7, 11) is 0. The van der Waals surface area contributed by atoms with E-state index >= 15 is 0 Å². The Labute approximate surface area is 600 Å². The topological polar surface area (TPSA) is 513 Å². The first-order valence-electron chi connectivity index (χ1n) is 33.6. The second-order valence-corrected chi connectivity index (χ2v) is 25.5. The maximum Gasteiger partial charge on any atom is 0.373 e. The number of azide groups is 3. The lowest BCUT2D eigenvalue weighted by Crippen LogP contribution is -2.61. The highest BCUT2D eigenvalue weighted by atomic mass is 16.8. The monoisotopic (exact) mass is 1480 g/mol. The summed E-state index contributed by atoms with van der Waals surface area (Å²) in [6.45, 7) is 12.0. The van der Waals surface area contributed by atoms with E-state index in [1.165, 1.54) is 20.8 Å². The van der Waals surface area contributed by atoms with E-state index in [2.05, 4.69) is 30.1 Å². The molecule has 3 aromatic carbocycles. The third-order valence-electron chi connectivity index (χ3n) is 18.5. The fourth-order valence-electron chi connectivity index (χ4n) is 13.3. The fraction of sp³-hybridized carbons (Fsp3) is 0.657. The van der Waals surface area contributed by atoms with Gasteiger partial charge in [-0.3, -0.25) is 14.4 Å². The molecule has 9 fully saturated rings. The van der Waals surface area contributed by atoms with Crippen LogP contribution in [0.15, 0.2) is 106 Å². The van der Waals surface area contributed by atoms with Gasteiger partial charge in [-0.2, -0.15) is 19.2 Å². The van der Waals surface area contributed by atoms with Gasteiger partial charge in [-0.15, -0.1) is 0 Å². The second-order valence-electron chi connectivity index (χ2n) is 25.5. The predicted molar refractivity (Wildman–Crippen MR) is 344 cm³/mol. The normalized spacial score (nSPS) is 37.3. The molecule has 0 radical (unpaired) electrons. The number of benzene rings is 3. The molecule has 38 heteroatoms. The van der Waals surface area contributed by atoms with Crippen molar-refractivity contribution in [1.29, 1.82) is 0 Å². The molecule has 0 spiro atoms. The lowest BCUT2D eigenvalue weighted by atomic mass is 9.90. The molecule has 9 heterocycles. The molecule has 572 valence electrons. The molecule has 11 unspecified atom stereocenters. The highest BCUT2D eigenvalue weighted by molar-refractivity contribution is 5.67. The summed E-state index contributed by atoms with van der Waals surface area (Å²) in [5.74, 6) is -2.73. The van der Waals surface area contributed by atoms with Gasteiger partial charge < -0.3 is 106 Å². The minimum atomic E-state index is -1.05. The van der Waals surface area contributed by atoms with Crippen molar-refractivity contribution in [3.63, 3.8) is 0 Å². The summed E-state index contributed by atoms with van der Waals surface area (Å²) < 4.78 is 105. The molecule has 0 aliphatic carbocycles. The van der Waals surface area contributed by atoms with Crippen LogP contribution in [-0.4, -0.2) is 243 Å². The molecule has 4 N–H and O–H groups in total. The molecule has 38 nitrogen and oxygen atoms in total. The summed E-state index contributed by atoms with van der Waals surface area (Å²) in [6, 6.07) is 25.9. The minimum absolute atomic E-state index is 0.0619. The van der Waals surface area contributed by atoms with E-state index in [0.717, 1.165) is 16.7 Å². The number of nitrogens with zero attached hydrogens (tertiary/aromatic N) is 9. The Kier molecular flexibility index (Phi) is 32.0. The van der Waals surface area contributed by atoms with Gasteiger partial charge in [0.05, 0.1) is 77.3 Å². The lowest BCUT2D eigenvalue weighted by molar-refractivity contribution is -0.330. The van der Waals surface area contributed by atoms with Gasteiger partial charge >= 0.3 is 30.2 Å². The minimum Gasteiger partial charge on any atom is -0.459 e. The first kappa shape index (κ1) is 82.7. The van der Waals surface area contributed by atoms with Gasteiger partial charge in [-0.05, 0) is 40.2 Å². The molecule has 3 aromatic rings. The number of aliphatic hydroxyl groups is 4. The van der Waals surface area contributed by atoms with Crippen LogP contribution in [0.5, 0.6) is 0 Å². The van der Waals surface area contributed by atoms with Gasteiger partial charge in [-0.25, -0.2) is 0 Å². The number of carbonyl (C=O) groups is 3. The van der Waals surface area contributed by atoms with Crippen molar-refractivity contribution in [2.45, 2.75) is 228 Å². The average molecular weight is 1480 g/mol. The number of esters is 3. The third-order valence-corrected chi connectivity index (χ3v) is 18.5. The molecule has 29 atom stereocenters. The van der Waals surface area contributed by atoms with Crippen LogP contribution in [0.2, 0.25) is 0 Å². The zero-order chi connectivity index (χ0) is 75.9. The zero-order valence-corrected chi connectivity index (χ0v) is 58.1. The van der Waals surface area contributed by atoms with E-state index in [9.17, 15) is 34.8 Å². The van der Waals surface area contributed by atoms with Crippen LogP contribution in [0.3, 0.4) is 0 Å². The predicted octanol–water partition coefficient (Wildman–Crippen LogP) is 3.61. The summed E-state index contributed by atoms with van der Waals surface area (Å²) in [5, 5.41) is 52.5. The average Bonchev–Trinajstić information content (AvgIpc) is 1.74. The standard InChI is InChI=1S/C22H29N3O9.C22H29N3O8.C21H27N3O8.2CO2/c1-11-17(28)14(8-26)32-22(18(11)29-9-13-6-4-3-5-7-13)34-19-15-10-30-21(33-15)16(24-25-23)20(19)31-12(2)27;1-11-17(27)12(2)30-22(18(11)28-9-14-7-5-4-6-8-14)33-19-15-10-29-21(32-15)16(24-25-23)20(19)31-13(3)26;1-11-14(26)9-28-21(17(11)27-8-13-6-4-3-5-7-13)32-18-15-10-29-20(31-15)16(23-24-22)19(18)30-12(2)25;2*2-1-3/h3-7,11,14-22,26,28H,8-10H2,1-2H3;4-8,11-12,15-22,27H,9-10H2,1-3H3;3-7,11,14-21,26H,8-10H2,1-2H3;;/t11-,14?,15+,16-,17-,18?,19+,20?,21?,22-;11-,12?,15+,16-,17-,18?,19+,20?,21?,22-;11-,14+,15+,16-,17?,18+,19?,20?,21-;;/m000../s1. The highest BCUT2D eigenvalue weighted by Gasteiger charge is 2.59. The molecule has 105 heavy (non-hydrogen) atoms. The number of ether oxygens (including phenoxy) is 18. The molecule has 6 bridgehead atoms. The Morgan fingerprint density at radius 3 is 1.10 bits per heavy atom. The molecule has 9 aliphatic rings. The summed E-state index contributed by atoms with van der Waals surface area (Å²) in [6.07, 6.45) is -17.8. The van der Waals surface area contributed by atoms with Crippen molar-refractivity contribution in [1.82, 2.24) is 0 Å². The molecule has 0 amide bonds. The second kappa shape index (κ2) is 40.6.